The second kappa shape index (κ2) is 7.73. The number of anilines is 2. The lowest BCUT2D eigenvalue weighted by Gasteiger charge is -2.19. The summed E-state index contributed by atoms with van der Waals surface area (Å²) in [4.78, 5) is 6.58. The highest BCUT2D eigenvalue weighted by atomic mass is 35.7. The van der Waals surface area contributed by atoms with Crippen LogP contribution in [0.25, 0.3) is 4.91 Å². The zero-order valence-corrected chi connectivity index (χ0v) is 17.5. The molecule has 2 aromatic rings. The molecule has 0 N–H and O–H groups in total. The molecule has 0 spiro atoms. The minimum atomic E-state index is -0.477. The van der Waals surface area contributed by atoms with Crippen molar-refractivity contribution < 1.29 is 0 Å². The van der Waals surface area contributed by atoms with Crippen LogP contribution in [-0.4, -0.2) is 33.1 Å². The molecule has 0 bridgehead atoms. The summed E-state index contributed by atoms with van der Waals surface area (Å²) in [6.07, 6.45) is 4.41. The van der Waals surface area contributed by atoms with E-state index in [9.17, 15) is 0 Å². The van der Waals surface area contributed by atoms with Crippen LogP contribution in [0.1, 0.15) is 18.1 Å². The van der Waals surface area contributed by atoms with Crippen LogP contribution in [0.4, 0.5) is 11.4 Å². The number of hydrogen-bond donors (Lipinski definition) is 0. The Morgan fingerprint density at radius 2 is 1.15 bits per heavy atom. The van der Waals surface area contributed by atoms with Gasteiger partial charge in [-0.15, -0.1) is 0 Å². The predicted octanol–water partition coefficient (Wildman–Crippen LogP) is 5.76. The summed E-state index contributed by atoms with van der Waals surface area (Å²) in [5.74, 6) is 0. The summed E-state index contributed by atoms with van der Waals surface area (Å²) < 4.78 is 0. The molecule has 3 rings (SSSR count). The summed E-state index contributed by atoms with van der Waals surface area (Å²) >= 11 is 0. The van der Waals surface area contributed by atoms with Gasteiger partial charge in [-0.3, -0.25) is 0 Å². The monoisotopic (exact) mass is 384 g/mol. The molecule has 0 saturated heterocycles. The Morgan fingerprint density at radius 3 is 1.62 bits per heavy atom. The van der Waals surface area contributed by atoms with Gasteiger partial charge in [-0.05, 0) is 70.7 Å². The second-order valence-electron chi connectivity index (χ2n) is 6.90. The van der Waals surface area contributed by atoms with Crippen LogP contribution < -0.4 is 9.80 Å². The van der Waals surface area contributed by atoms with Crippen LogP contribution in [0.3, 0.4) is 0 Å². The molecule has 2 aromatic carbocycles. The van der Waals surface area contributed by atoms with Gasteiger partial charge in [0, 0.05) is 49.3 Å². The molecule has 136 valence electrons. The molecule has 0 aliphatic carbocycles. The van der Waals surface area contributed by atoms with Crippen molar-refractivity contribution in [3.8, 4) is 0 Å². The van der Waals surface area contributed by atoms with E-state index in [0.717, 1.165) is 0 Å². The maximum Gasteiger partial charge on any atom is 0.0361 e. The largest absolute Gasteiger partial charge is 0.378 e. The zero-order chi connectivity index (χ0) is 18.8. The lowest BCUT2D eigenvalue weighted by molar-refractivity contribution is 1.13. The second-order valence-corrected chi connectivity index (χ2v) is 9.22. The molecule has 0 saturated carbocycles. The van der Waals surface area contributed by atoms with E-state index in [2.05, 4.69) is 106 Å². The predicted molar refractivity (Wildman–Crippen MR) is 121 cm³/mol. The summed E-state index contributed by atoms with van der Waals surface area (Å²) in [7, 11) is 14.7. The van der Waals surface area contributed by atoms with E-state index in [1.807, 2.05) is 0 Å². The standard InChI is InChI=1S/C22H25ClN2S/c1-16-14-21(17-6-10-19(11-7-17)24(2)3)26(23)22(15-16)18-8-12-20(13-9-18)25(4)5/h6-15H,1-5H3. The van der Waals surface area contributed by atoms with Gasteiger partial charge >= 0.3 is 0 Å². The summed E-state index contributed by atoms with van der Waals surface area (Å²) in [6.45, 7) is 2.13. The van der Waals surface area contributed by atoms with Crippen LogP contribution in [0, 0.1) is 0 Å². The molecule has 2 nitrogen and oxygen atoms in total. The maximum atomic E-state index is 6.94. The van der Waals surface area contributed by atoms with Crippen LogP contribution in [0.15, 0.2) is 66.3 Å². The third-order valence-corrected chi connectivity index (χ3v) is 6.92. The number of allylic oxidation sites excluding steroid dienone is 3. The fourth-order valence-corrected chi connectivity index (χ4v) is 5.20. The lowest BCUT2D eigenvalue weighted by atomic mass is 10.1. The van der Waals surface area contributed by atoms with Gasteiger partial charge in [0.1, 0.15) is 0 Å². The van der Waals surface area contributed by atoms with Crippen molar-refractivity contribution in [2.24, 2.45) is 0 Å². The first kappa shape index (κ1) is 18.8. The Hall–Kier alpha value is -1.97. The molecular formula is C22H25ClN2S. The van der Waals surface area contributed by atoms with Crippen LogP contribution in [0.2, 0.25) is 0 Å². The topological polar surface area (TPSA) is 6.48 Å². The first-order valence-corrected chi connectivity index (χ1v) is 10.6. The third kappa shape index (κ3) is 3.89. The molecule has 0 aromatic heterocycles. The summed E-state index contributed by atoms with van der Waals surface area (Å²) in [5.41, 5.74) is 5.98. The molecule has 0 radical (unpaired) electrons. The Bertz CT molecular complexity index is 889. The first-order chi connectivity index (χ1) is 12.4. The Labute approximate surface area is 163 Å². The van der Waals surface area contributed by atoms with E-state index in [0.29, 0.717) is 0 Å². The van der Waals surface area contributed by atoms with Crippen LogP contribution in [0.5, 0.6) is 0 Å². The molecule has 1 aliphatic heterocycles. The van der Waals surface area contributed by atoms with Gasteiger partial charge in [0.25, 0.3) is 0 Å². The van der Waals surface area contributed by atoms with E-state index < -0.39 is 9.70 Å². The molecule has 1 aliphatic rings. The number of rotatable bonds is 4. The van der Waals surface area contributed by atoms with E-state index in [1.54, 1.807) is 0 Å². The highest BCUT2D eigenvalue weighted by Crippen LogP contribution is 2.44. The zero-order valence-electron chi connectivity index (χ0n) is 16.0. The van der Waals surface area contributed by atoms with Crippen LogP contribution >= 0.6 is 20.4 Å². The highest BCUT2D eigenvalue weighted by Gasteiger charge is 2.16. The van der Waals surface area contributed by atoms with Crippen molar-refractivity contribution in [1.82, 2.24) is 0 Å². The van der Waals surface area contributed by atoms with Crippen LogP contribution in [-0.2, 0) is 0 Å². The SMILES string of the molecule is CC1=CC(c2ccc(N(C)C)cc2)=S(Cl)C(c2ccc(N(C)C)cc2)=C1. The molecule has 1 unspecified atom stereocenters. The summed E-state index contributed by atoms with van der Waals surface area (Å²) in [5, 5.41) is 0. The van der Waals surface area contributed by atoms with Gasteiger partial charge in [0.2, 0.25) is 0 Å². The molecule has 0 amide bonds. The first-order valence-electron chi connectivity index (χ1n) is 8.60. The number of benzene rings is 2. The van der Waals surface area contributed by atoms with E-state index in [-0.39, 0.29) is 0 Å². The average Bonchev–Trinajstić information content (AvgIpc) is 2.63. The van der Waals surface area contributed by atoms with E-state index in [1.165, 1.54) is 37.8 Å². The van der Waals surface area contributed by atoms with E-state index >= 15 is 0 Å². The van der Waals surface area contributed by atoms with Crippen molar-refractivity contribution in [2.75, 3.05) is 38.0 Å². The molecule has 1 atom stereocenters. The Morgan fingerprint density at radius 1 is 0.692 bits per heavy atom. The average molecular weight is 385 g/mol. The Balaban J connectivity index is 2.01. The molecule has 0 fully saturated rings. The highest BCUT2D eigenvalue weighted by molar-refractivity contribution is 8.42. The normalized spacial score (nSPS) is 16.8. The lowest BCUT2D eigenvalue weighted by Crippen LogP contribution is -2.09. The van der Waals surface area contributed by atoms with Crippen molar-refractivity contribution in [1.29, 1.82) is 0 Å². The fourth-order valence-electron chi connectivity index (χ4n) is 2.90. The fraction of sp³-hybridized carbons (Fsp3) is 0.227. The minimum Gasteiger partial charge on any atom is -0.378 e. The maximum absolute atomic E-state index is 6.94. The van der Waals surface area contributed by atoms with Crippen molar-refractivity contribution in [3.63, 3.8) is 0 Å². The number of hydrogen-bond acceptors (Lipinski definition) is 2. The van der Waals surface area contributed by atoms with Gasteiger partial charge in [-0.1, -0.05) is 34.0 Å². The Kier molecular flexibility index (Phi) is 5.59. The quantitative estimate of drug-likeness (QED) is 0.618. The molecule has 1 heterocycles. The minimum absolute atomic E-state index is 0.477. The van der Waals surface area contributed by atoms with E-state index in [4.69, 9.17) is 10.7 Å². The van der Waals surface area contributed by atoms with Gasteiger partial charge in [0.15, 0.2) is 0 Å². The molecular weight excluding hydrogens is 360 g/mol. The smallest absolute Gasteiger partial charge is 0.0361 e. The van der Waals surface area contributed by atoms with Gasteiger partial charge in [0.05, 0.1) is 0 Å². The van der Waals surface area contributed by atoms with Crippen molar-refractivity contribution in [3.05, 3.63) is 77.4 Å². The van der Waals surface area contributed by atoms with Gasteiger partial charge < -0.3 is 9.80 Å². The van der Waals surface area contributed by atoms with Gasteiger partial charge in [-0.25, -0.2) is 0 Å². The van der Waals surface area contributed by atoms with Gasteiger partial charge in [-0.2, -0.15) is 0 Å². The summed E-state index contributed by atoms with van der Waals surface area (Å²) in [6, 6.07) is 17.2. The molecule has 26 heavy (non-hydrogen) atoms. The number of halogens is 1. The third-order valence-electron chi connectivity index (χ3n) is 4.44. The number of nitrogens with zero attached hydrogens (tertiary/aromatic N) is 2. The van der Waals surface area contributed by atoms with Crippen molar-refractivity contribution in [2.45, 2.75) is 6.92 Å². The molecule has 4 heteroatoms. The van der Waals surface area contributed by atoms with Crippen molar-refractivity contribution >= 4 is 41.5 Å².